The highest BCUT2D eigenvalue weighted by Crippen LogP contribution is 2.35. The molecule has 1 aromatic heterocycles. The fraction of sp³-hybridized carbons (Fsp3) is 0.448. The smallest absolute Gasteiger partial charge is 0.273 e. The molecule has 3 aromatic rings. The molecule has 0 bridgehead atoms. The molecule has 1 fully saturated rings. The summed E-state index contributed by atoms with van der Waals surface area (Å²) in [5.41, 5.74) is 7.85. The maximum Gasteiger partial charge on any atom is 0.273 e. The number of rotatable bonds is 11. The molecule has 13 heteroatoms. The number of anilines is 1. The van der Waals surface area contributed by atoms with Crippen molar-refractivity contribution < 1.29 is 31.7 Å². The van der Waals surface area contributed by atoms with Crippen LogP contribution in [0.1, 0.15) is 39.6 Å². The summed E-state index contributed by atoms with van der Waals surface area (Å²) in [7, 11) is -0.944. The van der Waals surface area contributed by atoms with Gasteiger partial charge in [-0.25, -0.2) is 0 Å². The average molecular weight is 601 g/mol. The van der Waals surface area contributed by atoms with Gasteiger partial charge in [0.2, 0.25) is 12.7 Å². The summed E-state index contributed by atoms with van der Waals surface area (Å²) >= 11 is 0. The van der Waals surface area contributed by atoms with Crippen molar-refractivity contribution in [2.24, 2.45) is 5.73 Å². The van der Waals surface area contributed by atoms with Gasteiger partial charge in [-0.1, -0.05) is 6.07 Å². The number of fused-ring (bicyclic) bond motifs is 2. The van der Waals surface area contributed by atoms with E-state index in [2.05, 4.69) is 4.90 Å². The zero-order valence-electron chi connectivity index (χ0n) is 23.7. The van der Waals surface area contributed by atoms with Crippen LogP contribution in [0.5, 0.6) is 11.5 Å². The summed E-state index contributed by atoms with van der Waals surface area (Å²) in [4.78, 5) is 31.0. The number of primary amides is 1. The molecule has 3 N–H and O–H groups in total. The van der Waals surface area contributed by atoms with Gasteiger partial charge in [0.25, 0.3) is 10.1 Å². The number of ether oxygens (including phenoxy) is 2. The monoisotopic (exact) mass is 600 g/mol. The van der Waals surface area contributed by atoms with E-state index >= 15 is 0 Å². The van der Waals surface area contributed by atoms with Crippen molar-refractivity contribution in [3.05, 3.63) is 63.5 Å². The lowest BCUT2D eigenvalue weighted by Crippen LogP contribution is -2.47. The van der Waals surface area contributed by atoms with Crippen molar-refractivity contribution in [3.63, 3.8) is 0 Å². The van der Waals surface area contributed by atoms with Gasteiger partial charge >= 0.3 is 0 Å². The van der Waals surface area contributed by atoms with Crippen LogP contribution in [0.2, 0.25) is 0 Å². The molecule has 12 nitrogen and oxygen atoms in total. The van der Waals surface area contributed by atoms with E-state index in [0.29, 0.717) is 58.8 Å². The summed E-state index contributed by atoms with van der Waals surface area (Å²) in [6, 6.07) is 8.04. The molecular formula is C29H36N4O8S. The quantitative estimate of drug-likeness (QED) is 0.246. The standard InChI is InChI=1S/C29H36N4O8S/c1-31(2)16-27(42(36,37)38)21-7-6-19(29(30)35)13-23(21)33-11-9-32(10-12-33)8-4-3-5-20-17-39-24-15-26-25(40-18-41-26)14-22(24)28(20)34/h6-7,13-15,17,27H,3-5,8-12,16,18H2,1-2H3,(H2,30,35)(H,36,37,38). The molecule has 1 saturated heterocycles. The van der Waals surface area contributed by atoms with Crippen molar-refractivity contribution in [2.75, 3.05) is 65.1 Å². The molecule has 2 aromatic carbocycles. The first kappa shape index (κ1) is 29.8. The number of likely N-dealkylation sites (N-methyl/N-ethyl adjacent to an activating group) is 1. The molecule has 3 heterocycles. The number of carbonyl (C=O) groups excluding carboxylic acids is 1. The fourth-order valence-corrected chi connectivity index (χ4v) is 6.53. The Labute approximate surface area is 244 Å². The Balaban J connectivity index is 1.20. The zero-order valence-corrected chi connectivity index (χ0v) is 24.6. The summed E-state index contributed by atoms with van der Waals surface area (Å²) in [5.74, 6) is 0.511. The second-order valence-electron chi connectivity index (χ2n) is 11.0. The van der Waals surface area contributed by atoms with E-state index in [-0.39, 0.29) is 24.3 Å². The minimum atomic E-state index is -4.41. The Kier molecular flexibility index (Phi) is 8.73. The lowest BCUT2D eigenvalue weighted by Gasteiger charge is -2.38. The molecule has 0 aliphatic carbocycles. The lowest BCUT2D eigenvalue weighted by atomic mass is 10.0. The Bertz CT molecular complexity index is 1630. The third kappa shape index (κ3) is 6.54. The van der Waals surface area contributed by atoms with E-state index < -0.39 is 21.3 Å². The molecule has 1 amide bonds. The third-order valence-electron chi connectivity index (χ3n) is 7.78. The Morgan fingerprint density at radius 1 is 1.07 bits per heavy atom. The first-order valence-electron chi connectivity index (χ1n) is 13.9. The van der Waals surface area contributed by atoms with Gasteiger partial charge in [-0.15, -0.1) is 0 Å². The lowest BCUT2D eigenvalue weighted by molar-refractivity contribution is 0.1000. The molecular weight excluding hydrogens is 564 g/mol. The number of benzene rings is 2. The van der Waals surface area contributed by atoms with Crippen LogP contribution < -0.4 is 25.5 Å². The van der Waals surface area contributed by atoms with Crippen LogP contribution in [-0.4, -0.2) is 88.8 Å². The highest BCUT2D eigenvalue weighted by atomic mass is 32.2. The topological polar surface area (TPSA) is 156 Å². The normalized spacial score (nSPS) is 16.3. The number of unbranched alkanes of at least 4 members (excludes halogenated alkanes) is 1. The molecule has 5 rings (SSSR count). The van der Waals surface area contributed by atoms with Crippen LogP contribution in [0.25, 0.3) is 11.0 Å². The molecule has 1 unspecified atom stereocenters. The summed E-state index contributed by atoms with van der Waals surface area (Å²) in [5, 5.41) is -0.688. The first-order chi connectivity index (χ1) is 20.0. The molecule has 226 valence electrons. The van der Waals surface area contributed by atoms with Crippen LogP contribution in [-0.2, 0) is 16.5 Å². The van der Waals surface area contributed by atoms with Crippen molar-refractivity contribution >= 4 is 32.7 Å². The minimum absolute atomic E-state index is 0.0605. The van der Waals surface area contributed by atoms with Gasteiger partial charge < -0.3 is 29.4 Å². The van der Waals surface area contributed by atoms with Crippen molar-refractivity contribution in [1.29, 1.82) is 0 Å². The highest BCUT2D eigenvalue weighted by molar-refractivity contribution is 7.86. The van der Waals surface area contributed by atoms with Gasteiger partial charge in [-0.05, 0) is 63.7 Å². The summed E-state index contributed by atoms with van der Waals surface area (Å²) < 4.78 is 51.1. The third-order valence-corrected chi connectivity index (χ3v) is 8.90. The fourth-order valence-electron chi connectivity index (χ4n) is 5.52. The van der Waals surface area contributed by atoms with Crippen molar-refractivity contribution in [2.45, 2.75) is 24.5 Å². The SMILES string of the molecule is CN(C)CC(c1ccc(C(N)=O)cc1N1CCN(CCCCc2coc3cc4c(cc3c2=O)OCO4)CC1)S(=O)(=O)O. The molecule has 0 saturated carbocycles. The number of amides is 1. The molecule has 0 spiro atoms. The van der Waals surface area contributed by atoms with Gasteiger partial charge in [-0.2, -0.15) is 8.42 Å². The minimum Gasteiger partial charge on any atom is -0.464 e. The van der Waals surface area contributed by atoms with Crippen molar-refractivity contribution in [3.8, 4) is 11.5 Å². The maximum atomic E-state index is 13.0. The van der Waals surface area contributed by atoms with Crippen LogP contribution in [0.15, 0.2) is 45.8 Å². The van der Waals surface area contributed by atoms with E-state index in [0.717, 1.165) is 32.5 Å². The van der Waals surface area contributed by atoms with Crippen molar-refractivity contribution in [1.82, 2.24) is 9.80 Å². The number of aryl methyl sites for hydroxylation is 1. The van der Waals surface area contributed by atoms with Crippen LogP contribution in [0.3, 0.4) is 0 Å². The number of carbonyl (C=O) groups is 1. The molecule has 2 aliphatic heterocycles. The van der Waals surface area contributed by atoms with Gasteiger partial charge in [-0.3, -0.25) is 19.0 Å². The van der Waals surface area contributed by atoms with Crippen LogP contribution in [0, 0.1) is 0 Å². The number of hydrogen-bond acceptors (Lipinski definition) is 10. The summed E-state index contributed by atoms with van der Waals surface area (Å²) in [6.07, 6.45) is 3.82. The van der Waals surface area contributed by atoms with E-state index in [4.69, 9.17) is 19.6 Å². The van der Waals surface area contributed by atoms with E-state index in [1.807, 2.05) is 4.90 Å². The van der Waals surface area contributed by atoms with E-state index in [9.17, 15) is 22.6 Å². The number of nitrogens with zero attached hydrogens (tertiary/aromatic N) is 3. The van der Waals surface area contributed by atoms with Gasteiger partial charge in [0.05, 0.1) is 11.6 Å². The van der Waals surface area contributed by atoms with Gasteiger partial charge in [0.1, 0.15) is 10.8 Å². The molecule has 42 heavy (non-hydrogen) atoms. The maximum absolute atomic E-state index is 13.0. The van der Waals surface area contributed by atoms with Gasteiger partial charge in [0.15, 0.2) is 16.9 Å². The highest BCUT2D eigenvalue weighted by Gasteiger charge is 2.31. The average Bonchev–Trinajstić information content (AvgIpc) is 3.41. The number of piperazine rings is 1. The molecule has 0 radical (unpaired) electrons. The van der Waals surface area contributed by atoms with E-state index in [1.54, 1.807) is 43.3 Å². The van der Waals surface area contributed by atoms with Crippen LogP contribution in [0.4, 0.5) is 5.69 Å². The number of hydrogen-bond donors (Lipinski definition) is 2. The zero-order chi connectivity index (χ0) is 30.0. The van der Waals surface area contributed by atoms with Crippen LogP contribution >= 0.6 is 0 Å². The first-order valence-corrected chi connectivity index (χ1v) is 15.4. The summed E-state index contributed by atoms with van der Waals surface area (Å²) in [6.45, 7) is 3.74. The molecule has 2 aliphatic rings. The number of nitrogens with two attached hydrogens (primary N) is 1. The Morgan fingerprint density at radius 3 is 2.45 bits per heavy atom. The predicted octanol–water partition coefficient (Wildman–Crippen LogP) is 2.26. The van der Waals surface area contributed by atoms with E-state index in [1.165, 1.54) is 12.3 Å². The Hall–Kier alpha value is -3.65. The van der Waals surface area contributed by atoms with Gasteiger partial charge in [0, 0.05) is 55.6 Å². The predicted molar refractivity (Wildman–Crippen MR) is 158 cm³/mol. The second-order valence-corrected chi connectivity index (χ2v) is 12.6. The largest absolute Gasteiger partial charge is 0.464 e. The second kappa shape index (κ2) is 12.3. The Morgan fingerprint density at radius 2 is 1.79 bits per heavy atom. The molecule has 1 atom stereocenters.